The summed E-state index contributed by atoms with van der Waals surface area (Å²) in [6, 6.07) is 14.5. The van der Waals surface area contributed by atoms with E-state index in [-0.39, 0.29) is 29.6 Å². The molecule has 0 saturated heterocycles. The van der Waals surface area contributed by atoms with E-state index in [0.29, 0.717) is 16.5 Å². The molecule has 1 atom stereocenters. The van der Waals surface area contributed by atoms with Crippen LogP contribution in [0.15, 0.2) is 65.6 Å². The van der Waals surface area contributed by atoms with Gasteiger partial charge in [0.15, 0.2) is 5.43 Å². The first kappa shape index (κ1) is 18.3. The number of benzene rings is 2. The van der Waals surface area contributed by atoms with Gasteiger partial charge in [-0.3, -0.25) is 19.7 Å². The minimum absolute atomic E-state index is 0.00778. The van der Waals surface area contributed by atoms with Crippen molar-refractivity contribution >= 4 is 22.5 Å². The van der Waals surface area contributed by atoms with E-state index in [0.717, 1.165) is 0 Å². The lowest BCUT2D eigenvalue weighted by atomic mass is 10.1. The number of non-ortho nitro benzene ring substituents is 1. The minimum atomic E-state index is -0.454. The summed E-state index contributed by atoms with van der Waals surface area (Å²) < 4.78 is 1.73. The third kappa shape index (κ3) is 3.72. The summed E-state index contributed by atoms with van der Waals surface area (Å²) in [5, 5.41) is 11.5. The van der Waals surface area contributed by atoms with E-state index in [9.17, 15) is 19.7 Å². The van der Waals surface area contributed by atoms with Crippen molar-refractivity contribution in [1.29, 1.82) is 0 Å². The molecule has 0 N–H and O–H groups in total. The second kappa shape index (κ2) is 7.41. The van der Waals surface area contributed by atoms with Gasteiger partial charge < -0.3 is 9.47 Å². The Balaban J connectivity index is 1.84. The van der Waals surface area contributed by atoms with Crippen molar-refractivity contribution in [3.63, 3.8) is 0 Å². The highest BCUT2D eigenvalue weighted by molar-refractivity contribution is 5.82. The first-order valence-electron chi connectivity index (χ1n) is 8.46. The van der Waals surface area contributed by atoms with E-state index in [1.807, 2.05) is 13.0 Å². The van der Waals surface area contributed by atoms with Crippen molar-refractivity contribution in [3.8, 4) is 0 Å². The van der Waals surface area contributed by atoms with E-state index in [1.165, 1.54) is 18.2 Å². The van der Waals surface area contributed by atoms with Crippen LogP contribution in [0.2, 0.25) is 0 Å². The monoisotopic (exact) mass is 365 g/mol. The fourth-order valence-electron chi connectivity index (χ4n) is 2.99. The van der Waals surface area contributed by atoms with E-state index in [2.05, 4.69) is 0 Å². The molecule has 0 spiro atoms. The predicted octanol–water partition coefficient (Wildman–Crippen LogP) is 3.13. The van der Waals surface area contributed by atoms with Crippen molar-refractivity contribution in [1.82, 2.24) is 9.47 Å². The van der Waals surface area contributed by atoms with Gasteiger partial charge in [0.1, 0.15) is 6.54 Å². The number of hydrogen-bond donors (Lipinski definition) is 0. The number of carbonyl (C=O) groups is 1. The Labute approximate surface area is 155 Å². The summed E-state index contributed by atoms with van der Waals surface area (Å²) in [7, 11) is 1.66. The van der Waals surface area contributed by atoms with E-state index < -0.39 is 4.92 Å². The number of hydrogen-bond acceptors (Lipinski definition) is 4. The molecular weight excluding hydrogens is 346 g/mol. The molecule has 0 aliphatic carbocycles. The van der Waals surface area contributed by atoms with Gasteiger partial charge in [-0.1, -0.05) is 24.3 Å². The van der Waals surface area contributed by atoms with Crippen LogP contribution in [0.4, 0.5) is 5.69 Å². The molecule has 2 aromatic carbocycles. The highest BCUT2D eigenvalue weighted by Crippen LogP contribution is 2.23. The number of para-hydroxylation sites is 1. The Morgan fingerprint density at radius 2 is 1.93 bits per heavy atom. The Hall–Kier alpha value is -3.48. The standard InChI is InChI=1S/C20H19N3O4/c1-14(15-6-5-7-16(12-15)23(26)27)21(2)20(25)13-22-11-10-19(24)17-8-3-4-9-18(17)22/h3-12,14H,13H2,1-2H3. The van der Waals surface area contributed by atoms with E-state index in [1.54, 1.807) is 53.0 Å². The van der Waals surface area contributed by atoms with Gasteiger partial charge in [0.2, 0.25) is 5.91 Å². The lowest BCUT2D eigenvalue weighted by Crippen LogP contribution is -2.32. The summed E-state index contributed by atoms with van der Waals surface area (Å²) in [5.74, 6) is -0.164. The maximum atomic E-state index is 12.8. The van der Waals surface area contributed by atoms with Gasteiger partial charge in [0, 0.05) is 36.8 Å². The molecule has 0 aliphatic heterocycles. The predicted molar refractivity (Wildman–Crippen MR) is 102 cm³/mol. The number of nitrogens with zero attached hydrogens (tertiary/aromatic N) is 3. The summed E-state index contributed by atoms with van der Waals surface area (Å²) in [4.78, 5) is 36.8. The van der Waals surface area contributed by atoms with Crippen LogP contribution in [0.5, 0.6) is 0 Å². The smallest absolute Gasteiger partial charge is 0.269 e. The fraction of sp³-hybridized carbons (Fsp3) is 0.200. The molecule has 0 aliphatic rings. The van der Waals surface area contributed by atoms with E-state index in [4.69, 9.17) is 0 Å². The summed E-state index contributed by atoms with van der Waals surface area (Å²) in [6.45, 7) is 1.89. The second-order valence-corrected chi connectivity index (χ2v) is 6.36. The van der Waals surface area contributed by atoms with Crippen molar-refractivity contribution in [3.05, 3.63) is 86.7 Å². The van der Waals surface area contributed by atoms with Gasteiger partial charge in [-0.2, -0.15) is 0 Å². The molecule has 1 unspecified atom stereocenters. The topological polar surface area (TPSA) is 85.4 Å². The molecule has 27 heavy (non-hydrogen) atoms. The Morgan fingerprint density at radius 3 is 2.67 bits per heavy atom. The third-order valence-corrected chi connectivity index (χ3v) is 4.73. The number of nitro groups is 1. The van der Waals surface area contributed by atoms with Crippen LogP contribution in [0.25, 0.3) is 10.9 Å². The first-order valence-corrected chi connectivity index (χ1v) is 8.46. The van der Waals surface area contributed by atoms with Crippen LogP contribution in [0.3, 0.4) is 0 Å². The lowest BCUT2D eigenvalue weighted by Gasteiger charge is -2.26. The Morgan fingerprint density at radius 1 is 1.19 bits per heavy atom. The second-order valence-electron chi connectivity index (χ2n) is 6.36. The molecule has 1 aromatic heterocycles. The summed E-state index contributed by atoms with van der Waals surface area (Å²) in [5.41, 5.74) is 1.28. The normalized spacial score (nSPS) is 11.9. The highest BCUT2D eigenvalue weighted by atomic mass is 16.6. The molecule has 0 radical (unpaired) electrons. The van der Waals surface area contributed by atoms with Gasteiger partial charge in [0.05, 0.1) is 16.5 Å². The zero-order valence-corrected chi connectivity index (χ0v) is 15.0. The van der Waals surface area contributed by atoms with Crippen molar-refractivity contribution < 1.29 is 9.72 Å². The third-order valence-electron chi connectivity index (χ3n) is 4.73. The van der Waals surface area contributed by atoms with Crippen LogP contribution < -0.4 is 5.43 Å². The number of aromatic nitrogens is 1. The minimum Gasteiger partial charge on any atom is -0.338 e. The highest BCUT2D eigenvalue weighted by Gasteiger charge is 2.20. The molecule has 1 amide bonds. The largest absolute Gasteiger partial charge is 0.338 e. The molecule has 0 bridgehead atoms. The zero-order chi connectivity index (χ0) is 19.6. The van der Waals surface area contributed by atoms with Gasteiger partial charge >= 0.3 is 0 Å². The number of rotatable bonds is 5. The van der Waals surface area contributed by atoms with Crippen molar-refractivity contribution in [2.45, 2.75) is 19.5 Å². The number of likely N-dealkylation sites (N-methyl/N-ethyl adjacent to an activating group) is 1. The number of carbonyl (C=O) groups excluding carboxylic acids is 1. The lowest BCUT2D eigenvalue weighted by molar-refractivity contribution is -0.384. The van der Waals surface area contributed by atoms with Crippen LogP contribution in [-0.4, -0.2) is 27.3 Å². The van der Waals surface area contributed by atoms with Gasteiger partial charge in [-0.15, -0.1) is 0 Å². The van der Waals surface area contributed by atoms with Crippen LogP contribution in [0.1, 0.15) is 18.5 Å². The van der Waals surface area contributed by atoms with Crippen LogP contribution >= 0.6 is 0 Å². The maximum Gasteiger partial charge on any atom is 0.269 e. The molecule has 0 fully saturated rings. The Kier molecular flexibility index (Phi) is 5.03. The number of fused-ring (bicyclic) bond motifs is 1. The SMILES string of the molecule is CC(c1cccc([N+](=O)[O-])c1)N(C)C(=O)Cn1ccc(=O)c2ccccc21. The quantitative estimate of drug-likeness (QED) is 0.513. The summed E-state index contributed by atoms with van der Waals surface area (Å²) in [6.07, 6.45) is 1.61. The zero-order valence-electron chi connectivity index (χ0n) is 15.0. The molecule has 1 heterocycles. The van der Waals surface area contributed by atoms with Gasteiger partial charge in [-0.05, 0) is 24.6 Å². The molecule has 7 heteroatoms. The number of amides is 1. The molecule has 138 valence electrons. The first-order chi connectivity index (χ1) is 12.9. The fourth-order valence-corrected chi connectivity index (χ4v) is 2.99. The number of pyridine rings is 1. The molecule has 3 aromatic rings. The average molecular weight is 365 g/mol. The van der Waals surface area contributed by atoms with Gasteiger partial charge in [-0.25, -0.2) is 0 Å². The average Bonchev–Trinajstić information content (AvgIpc) is 2.69. The number of nitro benzene ring substituents is 1. The molecule has 7 nitrogen and oxygen atoms in total. The molecule has 0 saturated carbocycles. The maximum absolute atomic E-state index is 12.8. The molecule has 3 rings (SSSR count). The molecular formula is C20H19N3O4. The summed E-state index contributed by atoms with van der Waals surface area (Å²) >= 11 is 0. The van der Waals surface area contributed by atoms with E-state index >= 15 is 0 Å². The van der Waals surface area contributed by atoms with Crippen LogP contribution in [-0.2, 0) is 11.3 Å². The van der Waals surface area contributed by atoms with Crippen molar-refractivity contribution in [2.24, 2.45) is 0 Å². The van der Waals surface area contributed by atoms with Crippen molar-refractivity contribution in [2.75, 3.05) is 7.05 Å². The Bertz CT molecular complexity index is 1070. The van der Waals surface area contributed by atoms with Crippen LogP contribution in [0, 0.1) is 10.1 Å². The van der Waals surface area contributed by atoms with Gasteiger partial charge in [0.25, 0.3) is 5.69 Å².